The summed E-state index contributed by atoms with van der Waals surface area (Å²) in [6, 6.07) is -1.17. The number of carbonyl (C=O) groups is 1. The van der Waals surface area contributed by atoms with Gasteiger partial charge in [0.25, 0.3) is 0 Å². The van der Waals surface area contributed by atoms with Gasteiger partial charge in [-0.05, 0) is 38.5 Å². The lowest BCUT2D eigenvalue weighted by Crippen LogP contribution is -2.60. The summed E-state index contributed by atoms with van der Waals surface area (Å²) in [7, 11) is 0. The van der Waals surface area contributed by atoms with Gasteiger partial charge in [-0.15, -0.1) is 0 Å². The minimum Gasteiger partial charge on any atom is -0.394 e. The normalized spacial score (nSPS) is 19.4. The summed E-state index contributed by atoms with van der Waals surface area (Å²) in [5.74, 6) is -0.690. The highest BCUT2D eigenvalue weighted by Gasteiger charge is 2.44. The van der Waals surface area contributed by atoms with E-state index in [-0.39, 0.29) is 6.42 Å². The topological polar surface area (TPSA) is 189 Å². The Kier molecular flexibility index (Phi) is 54.1. The minimum atomic E-state index is -1.66. The Morgan fingerprint density at radius 2 is 0.744 bits per heavy atom. The van der Waals surface area contributed by atoms with Gasteiger partial charge >= 0.3 is 0 Å². The van der Waals surface area contributed by atoms with Crippen LogP contribution in [0.1, 0.15) is 341 Å². The molecule has 1 rings (SSSR count). The van der Waals surface area contributed by atoms with Crippen LogP contribution in [0, 0.1) is 0 Å². The molecule has 1 amide bonds. The zero-order valence-corrected chi connectivity index (χ0v) is 51.2. The molecule has 8 N–H and O–H groups in total. The lowest BCUT2D eigenvalue weighted by molar-refractivity contribution is -0.303. The van der Waals surface area contributed by atoms with Gasteiger partial charge in [-0.2, -0.15) is 0 Å². The van der Waals surface area contributed by atoms with Crippen molar-refractivity contribution in [3.63, 3.8) is 0 Å². The van der Waals surface area contributed by atoms with Gasteiger partial charge in [0.2, 0.25) is 5.91 Å². The van der Waals surface area contributed by atoms with Crippen molar-refractivity contribution in [3.8, 4) is 0 Å². The fourth-order valence-electron chi connectivity index (χ4n) is 11.3. The largest absolute Gasteiger partial charge is 0.394 e. The van der Waals surface area contributed by atoms with Crippen LogP contribution in [0.25, 0.3) is 0 Å². The number of aliphatic hydroxyl groups excluding tert-OH is 7. The predicted molar refractivity (Wildman–Crippen MR) is 326 cm³/mol. The molecule has 1 heterocycles. The van der Waals surface area contributed by atoms with Crippen LogP contribution >= 0.6 is 0 Å². The average molecular weight is 1110 g/mol. The SMILES string of the molecule is CCCCCCCCCCCCCCCC/C=C\CCCCCCCCCCCCCCCCCCC(O)C(=O)NC(COC1OC(CO)C(O)C(O)C1O)C(O)C(O)CCCCCCCCCCCCCCCCCCC. The molecular formula is C67H131NO10. The van der Waals surface area contributed by atoms with Crippen molar-refractivity contribution in [3.05, 3.63) is 12.2 Å². The molecule has 0 radical (unpaired) electrons. The molecule has 0 aromatic heterocycles. The summed E-state index contributed by atoms with van der Waals surface area (Å²) in [5, 5.41) is 76.4. The van der Waals surface area contributed by atoms with Gasteiger partial charge in [0.05, 0.1) is 25.4 Å². The molecule has 1 saturated heterocycles. The van der Waals surface area contributed by atoms with Crippen molar-refractivity contribution in [1.29, 1.82) is 0 Å². The molecule has 0 spiro atoms. The number of allylic oxidation sites excluding steroid dienone is 2. The number of hydrogen-bond donors (Lipinski definition) is 8. The lowest BCUT2D eigenvalue weighted by Gasteiger charge is -2.40. The first kappa shape index (κ1) is 74.9. The number of nitrogens with one attached hydrogen (secondary N) is 1. The Morgan fingerprint density at radius 1 is 0.436 bits per heavy atom. The molecule has 1 fully saturated rings. The van der Waals surface area contributed by atoms with Crippen LogP contribution in [0.15, 0.2) is 12.2 Å². The summed E-state index contributed by atoms with van der Waals surface area (Å²) in [6.45, 7) is 3.51. The van der Waals surface area contributed by atoms with E-state index >= 15 is 0 Å². The van der Waals surface area contributed by atoms with Crippen molar-refractivity contribution in [2.24, 2.45) is 0 Å². The molecule has 0 bridgehead atoms. The molecule has 0 aliphatic carbocycles. The van der Waals surface area contributed by atoms with Crippen LogP contribution in [-0.4, -0.2) is 110 Å². The molecule has 9 atom stereocenters. The van der Waals surface area contributed by atoms with E-state index in [0.717, 1.165) is 38.5 Å². The minimum absolute atomic E-state index is 0.265. The zero-order valence-electron chi connectivity index (χ0n) is 51.2. The number of carbonyl (C=O) groups excluding carboxylic acids is 1. The summed E-state index contributed by atoms with van der Waals surface area (Å²) in [5.41, 5.74) is 0. The second-order valence-corrected chi connectivity index (χ2v) is 24.3. The molecule has 0 saturated carbocycles. The monoisotopic (exact) mass is 1110 g/mol. The lowest BCUT2D eigenvalue weighted by atomic mass is 9.98. The van der Waals surface area contributed by atoms with Gasteiger partial charge in [0.1, 0.15) is 36.6 Å². The highest BCUT2D eigenvalue weighted by molar-refractivity contribution is 5.80. The maximum atomic E-state index is 13.2. The van der Waals surface area contributed by atoms with Gasteiger partial charge in [0.15, 0.2) is 6.29 Å². The van der Waals surface area contributed by atoms with Gasteiger partial charge in [0, 0.05) is 0 Å². The first-order valence-electron chi connectivity index (χ1n) is 34.1. The van der Waals surface area contributed by atoms with E-state index in [1.54, 1.807) is 0 Å². The molecular weight excluding hydrogens is 979 g/mol. The van der Waals surface area contributed by atoms with E-state index in [1.165, 1.54) is 263 Å². The first-order valence-corrected chi connectivity index (χ1v) is 34.1. The van der Waals surface area contributed by atoms with Crippen molar-refractivity contribution >= 4 is 5.91 Å². The summed E-state index contributed by atoms with van der Waals surface area (Å²) in [6.07, 6.45) is 57.2. The average Bonchev–Trinajstić information content (AvgIpc) is 3.45. The molecule has 11 heteroatoms. The molecule has 1 aliphatic rings. The highest BCUT2D eigenvalue weighted by atomic mass is 16.7. The van der Waals surface area contributed by atoms with Crippen LogP contribution in [-0.2, 0) is 14.3 Å². The number of unbranched alkanes of at least 4 members (excludes halogenated alkanes) is 46. The van der Waals surface area contributed by atoms with Crippen molar-refractivity contribution < 1.29 is 50.0 Å². The fourth-order valence-corrected chi connectivity index (χ4v) is 11.3. The third-order valence-corrected chi connectivity index (χ3v) is 16.8. The summed E-state index contributed by atoms with van der Waals surface area (Å²) < 4.78 is 11.2. The Balaban J connectivity index is 2.15. The summed E-state index contributed by atoms with van der Waals surface area (Å²) >= 11 is 0. The number of aliphatic hydroxyl groups is 7. The smallest absolute Gasteiger partial charge is 0.249 e. The van der Waals surface area contributed by atoms with E-state index in [4.69, 9.17) is 9.47 Å². The van der Waals surface area contributed by atoms with Crippen molar-refractivity contribution in [2.75, 3.05) is 13.2 Å². The zero-order chi connectivity index (χ0) is 56.8. The Hall–Kier alpha value is -1.15. The first-order chi connectivity index (χ1) is 38.2. The van der Waals surface area contributed by atoms with E-state index in [1.807, 2.05) is 0 Å². The quantitative estimate of drug-likeness (QED) is 0.0215. The van der Waals surface area contributed by atoms with E-state index < -0.39 is 74.2 Å². The van der Waals surface area contributed by atoms with Gasteiger partial charge in [-0.25, -0.2) is 0 Å². The third-order valence-electron chi connectivity index (χ3n) is 16.8. The maximum Gasteiger partial charge on any atom is 0.249 e. The molecule has 11 nitrogen and oxygen atoms in total. The van der Waals surface area contributed by atoms with Crippen LogP contribution in [0.5, 0.6) is 0 Å². The number of hydrogen-bond acceptors (Lipinski definition) is 10. The molecule has 0 aromatic carbocycles. The number of amides is 1. The van der Waals surface area contributed by atoms with Gasteiger partial charge in [-0.3, -0.25) is 4.79 Å². The third kappa shape index (κ3) is 43.5. The van der Waals surface area contributed by atoms with Gasteiger partial charge < -0.3 is 50.5 Å². The van der Waals surface area contributed by atoms with E-state index in [9.17, 15) is 40.5 Å². The van der Waals surface area contributed by atoms with Crippen LogP contribution in [0.4, 0.5) is 0 Å². The van der Waals surface area contributed by atoms with E-state index in [0.29, 0.717) is 19.3 Å². The van der Waals surface area contributed by atoms with Crippen LogP contribution in [0.3, 0.4) is 0 Å². The van der Waals surface area contributed by atoms with Crippen LogP contribution in [0.2, 0.25) is 0 Å². The van der Waals surface area contributed by atoms with Gasteiger partial charge in [-0.1, -0.05) is 315 Å². The second-order valence-electron chi connectivity index (χ2n) is 24.3. The molecule has 1 aliphatic heterocycles. The van der Waals surface area contributed by atoms with E-state index in [2.05, 4.69) is 31.3 Å². The number of rotatable bonds is 60. The summed E-state index contributed by atoms with van der Waals surface area (Å²) in [4.78, 5) is 13.2. The van der Waals surface area contributed by atoms with Crippen molar-refractivity contribution in [2.45, 2.75) is 396 Å². The fraction of sp³-hybridized carbons (Fsp3) is 0.955. The number of ether oxygens (including phenoxy) is 2. The molecule has 464 valence electrons. The standard InChI is InChI=1S/C67H131NO10/c1-3-5-7-9-11-13-15-17-19-21-22-23-24-25-26-27-28-29-30-31-32-33-34-35-36-37-39-41-43-45-47-49-51-53-55-60(71)66(76)68-58(57-77-67-65(75)64(74)63(73)61(56-69)78-67)62(72)59(70)54-52-50-48-46-44-42-40-38-20-18-16-14-12-10-8-6-4-2/h27-28,58-65,67,69-75H,3-26,29-57H2,1-2H3,(H,68,76)/b28-27-. The predicted octanol–water partition coefficient (Wildman–Crippen LogP) is 15.9. The Labute approximate surface area is 481 Å². The molecule has 0 aromatic rings. The molecule has 9 unspecified atom stereocenters. The Bertz CT molecular complexity index is 1270. The second kappa shape index (κ2) is 56.3. The molecule has 78 heavy (non-hydrogen) atoms. The van der Waals surface area contributed by atoms with Crippen LogP contribution < -0.4 is 5.32 Å². The highest BCUT2D eigenvalue weighted by Crippen LogP contribution is 2.24. The van der Waals surface area contributed by atoms with Crippen molar-refractivity contribution in [1.82, 2.24) is 5.32 Å². The maximum absolute atomic E-state index is 13.2. The Morgan fingerprint density at radius 3 is 1.08 bits per heavy atom.